The Morgan fingerprint density at radius 1 is 1.44 bits per heavy atom. The predicted octanol–water partition coefficient (Wildman–Crippen LogP) is 1.76. The van der Waals surface area contributed by atoms with E-state index in [-0.39, 0.29) is 0 Å². The fourth-order valence-electron chi connectivity index (χ4n) is 1.07. The van der Waals surface area contributed by atoms with Crippen molar-refractivity contribution in [1.82, 2.24) is 0 Å². The third-order valence-electron chi connectivity index (χ3n) is 2.53. The van der Waals surface area contributed by atoms with Crippen LogP contribution in [-0.4, -0.2) is 32.3 Å². The minimum absolute atomic E-state index is 0.345. The van der Waals surface area contributed by atoms with Crippen molar-refractivity contribution in [2.75, 3.05) is 13.4 Å². The maximum Gasteiger partial charge on any atom is 0.197 e. The molecule has 90 valence electrons. The summed E-state index contributed by atoms with van der Waals surface area (Å²) in [6.45, 7) is 2.81. The zero-order chi connectivity index (χ0) is 12.6. The highest BCUT2D eigenvalue weighted by Crippen LogP contribution is 2.31. The van der Waals surface area contributed by atoms with Crippen LogP contribution in [0.15, 0.2) is 11.4 Å². The molecule has 16 heavy (non-hydrogen) atoms. The molecule has 1 heterocycles. The molecule has 0 unspecified atom stereocenters. The molecule has 4 nitrogen and oxygen atoms in total. The molecule has 0 bridgehead atoms. The van der Waals surface area contributed by atoms with Gasteiger partial charge < -0.3 is 4.74 Å². The van der Waals surface area contributed by atoms with Crippen LogP contribution in [0.1, 0.15) is 23.5 Å². The van der Waals surface area contributed by atoms with E-state index in [4.69, 9.17) is 4.74 Å². The van der Waals surface area contributed by atoms with Crippen LogP contribution in [0.2, 0.25) is 0 Å². The molecule has 0 aliphatic rings. The number of rotatable bonds is 4. The highest BCUT2D eigenvalue weighted by atomic mass is 32.2. The molecule has 0 amide bonds. The van der Waals surface area contributed by atoms with Gasteiger partial charge in [0.25, 0.3) is 0 Å². The zero-order valence-electron chi connectivity index (χ0n) is 9.60. The minimum atomic E-state index is -3.45. The topological polar surface area (TPSA) is 60.4 Å². The molecule has 1 aromatic rings. The van der Waals surface area contributed by atoms with Crippen molar-refractivity contribution < 1.29 is 17.9 Å². The molecule has 0 saturated heterocycles. The Morgan fingerprint density at radius 3 is 2.44 bits per heavy atom. The summed E-state index contributed by atoms with van der Waals surface area (Å²) < 4.78 is 26.6. The number of carbonyl (C=O) groups excluding carboxylic acids is 1. The molecule has 6 heteroatoms. The summed E-state index contributed by atoms with van der Waals surface area (Å²) in [5, 5.41) is 1.70. The first-order valence-corrected chi connectivity index (χ1v) is 7.35. The van der Waals surface area contributed by atoms with Crippen molar-refractivity contribution in [3.63, 3.8) is 0 Å². The van der Waals surface area contributed by atoms with Crippen molar-refractivity contribution in [2.45, 2.75) is 18.6 Å². The Bertz CT molecular complexity index is 497. The van der Waals surface area contributed by atoms with E-state index in [2.05, 4.69) is 0 Å². The second-order valence-electron chi connectivity index (χ2n) is 3.93. The quantitative estimate of drug-likeness (QED) is 0.776. The number of ketones is 1. The van der Waals surface area contributed by atoms with Crippen LogP contribution in [-0.2, 0) is 9.84 Å². The lowest BCUT2D eigenvalue weighted by Crippen LogP contribution is -2.39. The van der Waals surface area contributed by atoms with E-state index >= 15 is 0 Å². The van der Waals surface area contributed by atoms with Crippen LogP contribution in [0.25, 0.3) is 0 Å². The molecular weight excluding hydrogens is 248 g/mol. The predicted molar refractivity (Wildman–Crippen MR) is 64.1 cm³/mol. The third kappa shape index (κ3) is 2.12. The van der Waals surface area contributed by atoms with Gasteiger partial charge in [0.2, 0.25) is 0 Å². The SMILES string of the molecule is COc1ccsc1C(=O)C(C)(C)S(C)(=O)=O. The molecule has 0 radical (unpaired) electrons. The Labute approximate surface area is 99.2 Å². The third-order valence-corrected chi connectivity index (χ3v) is 5.46. The number of carbonyl (C=O) groups is 1. The lowest BCUT2D eigenvalue weighted by atomic mass is 10.1. The number of hydrogen-bond acceptors (Lipinski definition) is 5. The number of methoxy groups -OCH3 is 1. The summed E-state index contributed by atoms with van der Waals surface area (Å²) >= 11 is 1.19. The summed E-state index contributed by atoms with van der Waals surface area (Å²) in [5.74, 6) is -0.00595. The number of sulfone groups is 1. The zero-order valence-corrected chi connectivity index (χ0v) is 11.2. The van der Waals surface area contributed by atoms with E-state index in [1.165, 1.54) is 32.3 Å². The van der Waals surface area contributed by atoms with Crippen LogP contribution < -0.4 is 4.74 Å². The summed E-state index contributed by atoms with van der Waals surface area (Å²) in [6.07, 6.45) is 1.06. The lowest BCUT2D eigenvalue weighted by Gasteiger charge is -2.20. The number of ether oxygens (including phenoxy) is 1. The fourth-order valence-corrected chi connectivity index (χ4v) is 2.53. The highest BCUT2D eigenvalue weighted by molar-refractivity contribution is 7.92. The van der Waals surface area contributed by atoms with E-state index in [0.717, 1.165) is 6.26 Å². The molecule has 1 rings (SSSR count). The molecule has 1 aromatic heterocycles. The van der Waals surface area contributed by atoms with Gasteiger partial charge in [0, 0.05) is 6.26 Å². The summed E-state index contributed by atoms with van der Waals surface area (Å²) in [6, 6.07) is 1.65. The molecule has 0 fully saturated rings. The average Bonchev–Trinajstić information content (AvgIpc) is 2.62. The Morgan fingerprint density at radius 2 is 2.00 bits per heavy atom. The lowest BCUT2D eigenvalue weighted by molar-refractivity contribution is 0.0955. The first-order valence-electron chi connectivity index (χ1n) is 4.57. The van der Waals surface area contributed by atoms with Gasteiger partial charge >= 0.3 is 0 Å². The van der Waals surface area contributed by atoms with Gasteiger partial charge in [-0.25, -0.2) is 8.42 Å². The Hall–Kier alpha value is -0.880. The van der Waals surface area contributed by atoms with Gasteiger partial charge in [-0.2, -0.15) is 0 Å². The molecular formula is C10H14O4S2. The largest absolute Gasteiger partial charge is 0.495 e. The molecule has 0 N–H and O–H groups in total. The van der Waals surface area contributed by atoms with Crippen LogP contribution in [0.4, 0.5) is 0 Å². The normalized spacial score (nSPS) is 12.5. The van der Waals surface area contributed by atoms with Crippen molar-refractivity contribution in [2.24, 2.45) is 0 Å². The van der Waals surface area contributed by atoms with Crippen LogP contribution in [0, 0.1) is 0 Å². The second-order valence-corrected chi connectivity index (χ2v) is 7.41. The van der Waals surface area contributed by atoms with Gasteiger partial charge in [-0.1, -0.05) is 0 Å². The smallest absolute Gasteiger partial charge is 0.197 e. The monoisotopic (exact) mass is 262 g/mol. The number of hydrogen-bond donors (Lipinski definition) is 0. The minimum Gasteiger partial charge on any atom is -0.495 e. The molecule has 0 aliphatic heterocycles. The van der Waals surface area contributed by atoms with E-state index in [9.17, 15) is 13.2 Å². The molecule has 0 aromatic carbocycles. The number of thiophene rings is 1. The van der Waals surface area contributed by atoms with Gasteiger partial charge in [0.05, 0.1) is 7.11 Å². The Balaban J connectivity index is 3.23. The molecule has 0 spiro atoms. The standard InChI is InChI=1S/C10H14O4S2/c1-10(2,16(4,12)13)9(11)8-7(14-3)5-6-15-8/h5-6H,1-4H3. The van der Waals surface area contributed by atoms with Gasteiger partial charge in [0.15, 0.2) is 15.6 Å². The first-order chi connectivity index (χ1) is 7.21. The van der Waals surface area contributed by atoms with Gasteiger partial charge in [-0.15, -0.1) is 11.3 Å². The maximum atomic E-state index is 12.1. The van der Waals surface area contributed by atoms with E-state index in [0.29, 0.717) is 10.6 Å². The van der Waals surface area contributed by atoms with Crippen molar-refractivity contribution >= 4 is 27.0 Å². The van der Waals surface area contributed by atoms with E-state index in [1.807, 2.05) is 0 Å². The van der Waals surface area contributed by atoms with Crippen LogP contribution >= 0.6 is 11.3 Å². The fraction of sp³-hybridized carbons (Fsp3) is 0.500. The van der Waals surface area contributed by atoms with Crippen LogP contribution in [0.5, 0.6) is 5.75 Å². The molecule has 0 aliphatic carbocycles. The Kier molecular flexibility index (Phi) is 3.44. The van der Waals surface area contributed by atoms with Crippen molar-refractivity contribution in [3.05, 3.63) is 16.3 Å². The van der Waals surface area contributed by atoms with Crippen molar-refractivity contribution in [3.8, 4) is 5.75 Å². The van der Waals surface area contributed by atoms with Gasteiger partial charge in [-0.05, 0) is 25.3 Å². The summed E-state index contributed by atoms with van der Waals surface area (Å²) in [5.41, 5.74) is 0. The molecule has 0 saturated carbocycles. The average molecular weight is 262 g/mol. The number of Topliss-reactive ketones (excluding diaryl/α,β-unsaturated/α-hetero) is 1. The van der Waals surface area contributed by atoms with E-state index in [1.54, 1.807) is 11.4 Å². The van der Waals surface area contributed by atoms with Crippen LogP contribution in [0.3, 0.4) is 0 Å². The maximum absolute atomic E-state index is 12.1. The van der Waals surface area contributed by atoms with Gasteiger partial charge in [-0.3, -0.25) is 4.79 Å². The van der Waals surface area contributed by atoms with E-state index < -0.39 is 20.4 Å². The van der Waals surface area contributed by atoms with Gasteiger partial charge in [0.1, 0.15) is 15.4 Å². The van der Waals surface area contributed by atoms with Crippen molar-refractivity contribution in [1.29, 1.82) is 0 Å². The summed E-state index contributed by atoms with van der Waals surface area (Å²) in [7, 11) is -2.00. The molecule has 0 atom stereocenters. The summed E-state index contributed by atoms with van der Waals surface area (Å²) in [4.78, 5) is 12.5. The first kappa shape index (κ1) is 13.2. The highest BCUT2D eigenvalue weighted by Gasteiger charge is 2.40. The second kappa shape index (κ2) is 4.18.